The van der Waals surface area contributed by atoms with Gasteiger partial charge in [0.05, 0.1) is 12.0 Å². The van der Waals surface area contributed by atoms with E-state index < -0.39 is 5.97 Å². The van der Waals surface area contributed by atoms with Crippen LogP contribution in [0.1, 0.15) is 76.8 Å². The van der Waals surface area contributed by atoms with Gasteiger partial charge in [-0.1, -0.05) is 44.2 Å². The molecule has 1 atom stereocenters. The summed E-state index contributed by atoms with van der Waals surface area (Å²) in [5.74, 6) is 0.142. The van der Waals surface area contributed by atoms with Gasteiger partial charge in [0, 0.05) is 12.1 Å². The lowest BCUT2D eigenvalue weighted by molar-refractivity contribution is -0.137. The van der Waals surface area contributed by atoms with Crippen molar-refractivity contribution in [2.45, 2.75) is 71.3 Å². The van der Waals surface area contributed by atoms with Crippen LogP contribution in [-0.4, -0.2) is 17.0 Å². The smallest absolute Gasteiger partial charge is 0.303 e. The van der Waals surface area contributed by atoms with Gasteiger partial charge in [-0.25, -0.2) is 0 Å². The normalized spacial score (nSPS) is 12.1. The molecule has 0 saturated carbocycles. The number of nitrogen functional groups attached to an aromatic ring is 1. The zero-order chi connectivity index (χ0) is 18.7. The van der Waals surface area contributed by atoms with E-state index in [4.69, 9.17) is 10.8 Å². The molecule has 0 saturated heterocycles. The van der Waals surface area contributed by atoms with Crippen molar-refractivity contribution in [3.05, 3.63) is 35.7 Å². The molecule has 1 aromatic carbocycles. The standard InChI is InChI=1S/C20H31N2O3/c1-15(9-7-5-3-4-6-8-10-19(23)24)20(25)22-16(2)17-11-13-18(21)14-12-17/h11-14,16H,3-10,21H2,1-2H3,(H,22,25)(H,23,24)/t16-/m0/s1. The maximum Gasteiger partial charge on any atom is 0.303 e. The minimum Gasteiger partial charge on any atom is -0.481 e. The molecule has 0 aliphatic carbocycles. The largest absolute Gasteiger partial charge is 0.481 e. The van der Waals surface area contributed by atoms with Crippen LogP contribution in [-0.2, 0) is 9.59 Å². The van der Waals surface area contributed by atoms with E-state index >= 15 is 0 Å². The van der Waals surface area contributed by atoms with Gasteiger partial charge in [0.15, 0.2) is 0 Å². The quantitative estimate of drug-likeness (QED) is 0.389. The van der Waals surface area contributed by atoms with Crippen molar-refractivity contribution in [1.82, 2.24) is 5.32 Å². The van der Waals surface area contributed by atoms with Crippen LogP contribution in [0.3, 0.4) is 0 Å². The second-order valence-corrected chi connectivity index (χ2v) is 6.66. The second kappa shape index (κ2) is 11.5. The van der Waals surface area contributed by atoms with E-state index in [1.165, 1.54) is 0 Å². The fourth-order valence-electron chi connectivity index (χ4n) is 2.67. The Labute approximate surface area is 151 Å². The predicted octanol–water partition coefficient (Wildman–Crippen LogP) is 4.25. The average molecular weight is 347 g/mol. The molecule has 0 fully saturated rings. The molecular formula is C20H31N2O3. The second-order valence-electron chi connectivity index (χ2n) is 6.66. The molecule has 0 bridgehead atoms. The van der Waals surface area contributed by atoms with Crippen LogP contribution >= 0.6 is 0 Å². The summed E-state index contributed by atoms with van der Waals surface area (Å²) in [4.78, 5) is 22.6. The van der Waals surface area contributed by atoms with E-state index in [2.05, 4.69) is 5.32 Å². The molecule has 5 heteroatoms. The first-order valence-corrected chi connectivity index (χ1v) is 9.10. The summed E-state index contributed by atoms with van der Waals surface area (Å²) in [7, 11) is 0. The van der Waals surface area contributed by atoms with Crippen molar-refractivity contribution in [3.8, 4) is 0 Å². The van der Waals surface area contributed by atoms with Gasteiger partial charge in [-0.3, -0.25) is 9.59 Å². The Morgan fingerprint density at radius 1 is 1.00 bits per heavy atom. The minimum atomic E-state index is -0.718. The van der Waals surface area contributed by atoms with E-state index in [-0.39, 0.29) is 18.4 Å². The number of nitrogens with one attached hydrogen (secondary N) is 1. The monoisotopic (exact) mass is 347 g/mol. The Morgan fingerprint density at radius 3 is 2.08 bits per heavy atom. The minimum absolute atomic E-state index is 0.00535. The molecule has 0 spiro atoms. The molecule has 0 aromatic heterocycles. The number of rotatable bonds is 12. The van der Waals surface area contributed by atoms with Gasteiger partial charge in [0.1, 0.15) is 0 Å². The van der Waals surface area contributed by atoms with Crippen molar-refractivity contribution < 1.29 is 14.7 Å². The number of carbonyl (C=O) groups excluding carboxylic acids is 1. The SMILES string of the molecule is C[C](CCCCCCCCC(=O)O)C(=O)N[C@@H](C)c1ccc(N)cc1. The Hall–Kier alpha value is -2.04. The van der Waals surface area contributed by atoms with Gasteiger partial charge in [-0.2, -0.15) is 0 Å². The summed E-state index contributed by atoms with van der Waals surface area (Å²) in [6.45, 7) is 3.85. The summed E-state index contributed by atoms with van der Waals surface area (Å²) in [5, 5.41) is 11.6. The number of hydrogen-bond donors (Lipinski definition) is 3. The fourth-order valence-corrected chi connectivity index (χ4v) is 2.67. The Morgan fingerprint density at radius 2 is 1.52 bits per heavy atom. The number of anilines is 1. The molecule has 0 unspecified atom stereocenters. The van der Waals surface area contributed by atoms with Gasteiger partial charge in [0.2, 0.25) is 5.91 Å². The van der Waals surface area contributed by atoms with Crippen molar-refractivity contribution >= 4 is 17.6 Å². The Kier molecular flexibility index (Phi) is 9.66. The van der Waals surface area contributed by atoms with Crippen LogP contribution < -0.4 is 11.1 Å². The number of amides is 1. The number of carbonyl (C=O) groups is 2. The number of hydrogen-bond acceptors (Lipinski definition) is 3. The van der Waals surface area contributed by atoms with Gasteiger partial charge in [-0.15, -0.1) is 0 Å². The van der Waals surface area contributed by atoms with Crippen LogP contribution in [0.5, 0.6) is 0 Å². The van der Waals surface area contributed by atoms with Crippen molar-refractivity contribution in [1.29, 1.82) is 0 Å². The molecule has 1 amide bonds. The zero-order valence-electron chi connectivity index (χ0n) is 15.4. The van der Waals surface area contributed by atoms with Crippen molar-refractivity contribution in [3.63, 3.8) is 0 Å². The molecule has 1 aromatic rings. The first kappa shape index (κ1) is 21.0. The van der Waals surface area contributed by atoms with Crippen LogP contribution in [0.2, 0.25) is 0 Å². The molecule has 139 valence electrons. The number of unbranched alkanes of at least 4 members (excludes halogenated alkanes) is 5. The summed E-state index contributed by atoms with van der Waals surface area (Å²) >= 11 is 0. The molecule has 0 heterocycles. The van der Waals surface area contributed by atoms with E-state index in [1.807, 2.05) is 38.1 Å². The number of nitrogens with two attached hydrogens (primary N) is 1. The third-order valence-electron chi connectivity index (χ3n) is 4.36. The first-order valence-electron chi connectivity index (χ1n) is 9.10. The Balaban J connectivity index is 2.15. The number of aliphatic carboxylic acids is 1. The number of carboxylic acids is 1. The fraction of sp³-hybridized carbons (Fsp3) is 0.550. The summed E-state index contributed by atoms with van der Waals surface area (Å²) in [5.41, 5.74) is 7.43. The van der Waals surface area contributed by atoms with Gasteiger partial charge in [0.25, 0.3) is 0 Å². The van der Waals surface area contributed by atoms with Gasteiger partial charge < -0.3 is 16.2 Å². The van der Waals surface area contributed by atoms with Crippen LogP contribution in [0, 0.1) is 5.92 Å². The lowest BCUT2D eigenvalue weighted by atomic mass is 10.00. The highest BCUT2D eigenvalue weighted by Gasteiger charge is 2.16. The summed E-state index contributed by atoms with van der Waals surface area (Å²) < 4.78 is 0. The highest BCUT2D eigenvalue weighted by Crippen LogP contribution is 2.18. The highest BCUT2D eigenvalue weighted by molar-refractivity contribution is 5.89. The van der Waals surface area contributed by atoms with Crippen LogP contribution in [0.25, 0.3) is 0 Å². The van der Waals surface area contributed by atoms with E-state index in [9.17, 15) is 9.59 Å². The van der Waals surface area contributed by atoms with Crippen LogP contribution in [0.4, 0.5) is 5.69 Å². The number of carboxylic acid groups (broad SMARTS) is 1. The summed E-state index contributed by atoms with van der Waals surface area (Å²) in [6.07, 6.45) is 7.01. The van der Waals surface area contributed by atoms with E-state index in [0.29, 0.717) is 5.69 Å². The van der Waals surface area contributed by atoms with E-state index in [0.717, 1.165) is 56.4 Å². The van der Waals surface area contributed by atoms with Crippen molar-refractivity contribution in [2.24, 2.45) is 0 Å². The van der Waals surface area contributed by atoms with Crippen molar-refractivity contribution in [2.75, 3.05) is 5.73 Å². The zero-order valence-corrected chi connectivity index (χ0v) is 15.4. The maximum absolute atomic E-state index is 12.2. The average Bonchev–Trinajstić information content (AvgIpc) is 2.57. The first-order chi connectivity index (χ1) is 11.9. The third kappa shape index (κ3) is 9.13. The molecule has 25 heavy (non-hydrogen) atoms. The predicted molar refractivity (Wildman–Crippen MR) is 101 cm³/mol. The van der Waals surface area contributed by atoms with E-state index in [1.54, 1.807) is 0 Å². The maximum atomic E-state index is 12.2. The summed E-state index contributed by atoms with van der Waals surface area (Å²) in [6, 6.07) is 7.49. The van der Waals surface area contributed by atoms with Gasteiger partial charge in [-0.05, 0) is 44.4 Å². The molecule has 5 nitrogen and oxygen atoms in total. The number of benzene rings is 1. The molecule has 0 aliphatic heterocycles. The topological polar surface area (TPSA) is 92.4 Å². The molecule has 4 N–H and O–H groups in total. The molecule has 0 aliphatic rings. The lowest BCUT2D eigenvalue weighted by Gasteiger charge is -2.17. The molecular weight excluding hydrogens is 316 g/mol. The molecule has 1 rings (SSSR count). The van der Waals surface area contributed by atoms with Crippen LogP contribution in [0.15, 0.2) is 24.3 Å². The third-order valence-corrected chi connectivity index (χ3v) is 4.36. The molecule has 1 radical (unpaired) electrons. The Bertz CT molecular complexity index is 528. The highest BCUT2D eigenvalue weighted by atomic mass is 16.4. The van der Waals surface area contributed by atoms with Gasteiger partial charge >= 0.3 is 5.97 Å². The lowest BCUT2D eigenvalue weighted by Crippen LogP contribution is -2.30.